The molecule has 5 heteroatoms. The molecule has 0 saturated heterocycles. The van der Waals surface area contributed by atoms with Crippen LogP contribution >= 0.6 is 27.5 Å². The molecular formula is C14H14BrClN2O. The lowest BCUT2D eigenvalue weighted by Gasteiger charge is -2.13. The van der Waals surface area contributed by atoms with Crippen LogP contribution in [0.5, 0.6) is 5.75 Å². The van der Waals surface area contributed by atoms with Gasteiger partial charge >= 0.3 is 0 Å². The van der Waals surface area contributed by atoms with E-state index < -0.39 is 0 Å². The van der Waals surface area contributed by atoms with E-state index in [9.17, 15) is 0 Å². The van der Waals surface area contributed by atoms with Crippen LogP contribution in [0.25, 0.3) is 0 Å². The van der Waals surface area contributed by atoms with Crippen LogP contribution in [0.15, 0.2) is 40.9 Å². The second-order valence-electron chi connectivity index (χ2n) is 3.90. The molecule has 2 aromatic rings. The Morgan fingerprint density at radius 3 is 2.79 bits per heavy atom. The molecule has 0 aliphatic carbocycles. The third-order valence-electron chi connectivity index (χ3n) is 2.56. The van der Waals surface area contributed by atoms with Crippen LogP contribution < -0.4 is 15.8 Å². The van der Waals surface area contributed by atoms with Gasteiger partial charge in [0.05, 0.1) is 23.0 Å². The maximum atomic E-state index is 6.06. The summed E-state index contributed by atoms with van der Waals surface area (Å²) in [4.78, 5) is 0. The largest absolute Gasteiger partial charge is 0.492 e. The van der Waals surface area contributed by atoms with E-state index in [1.807, 2.05) is 43.3 Å². The Morgan fingerprint density at radius 1 is 1.32 bits per heavy atom. The lowest BCUT2D eigenvalue weighted by molar-refractivity contribution is 0.342. The van der Waals surface area contributed by atoms with Gasteiger partial charge in [-0.05, 0) is 53.2 Å². The van der Waals surface area contributed by atoms with E-state index in [0.29, 0.717) is 23.1 Å². The molecule has 0 aliphatic heterocycles. The number of nitrogens with two attached hydrogens (primary N) is 1. The van der Waals surface area contributed by atoms with Gasteiger partial charge in [0, 0.05) is 10.2 Å². The number of para-hydroxylation sites is 1. The molecule has 0 unspecified atom stereocenters. The van der Waals surface area contributed by atoms with E-state index in [1.54, 1.807) is 0 Å². The second-order valence-corrected chi connectivity index (χ2v) is 5.17. The standard InChI is InChI=1S/C14H14BrClN2O/c1-2-19-13-5-3-4-12(14(13)17)18-9-6-7-10(15)11(16)8-9/h3-8,18H,2,17H2,1H3. The number of rotatable bonds is 4. The summed E-state index contributed by atoms with van der Waals surface area (Å²) in [5, 5.41) is 3.87. The quantitative estimate of drug-likeness (QED) is 0.783. The zero-order chi connectivity index (χ0) is 13.8. The molecule has 3 nitrogen and oxygen atoms in total. The molecule has 2 aromatic carbocycles. The van der Waals surface area contributed by atoms with Gasteiger partial charge in [-0.15, -0.1) is 0 Å². The van der Waals surface area contributed by atoms with E-state index in [2.05, 4.69) is 21.2 Å². The van der Waals surface area contributed by atoms with Crippen molar-refractivity contribution in [3.63, 3.8) is 0 Å². The Morgan fingerprint density at radius 2 is 2.11 bits per heavy atom. The molecule has 2 rings (SSSR count). The Balaban J connectivity index is 2.27. The van der Waals surface area contributed by atoms with Crippen molar-refractivity contribution in [2.45, 2.75) is 6.92 Å². The number of hydrogen-bond donors (Lipinski definition) is 2. The van der Waals surface area contributed by atoms with Gasteiger partial charge in [-0.3, -0.25) is 0 Å². The minimum atomic E-state index is 0.581. The van der Waals surface area contributed by atoms with Gasteiger partial charge in [-0.2, -0.15) is 0 Å². The highest BCUT2D eigenvalue weighted by molar-refractivity contribution is 9.10. The summed E-state index contributed by atoms with van der Waals surface area (Å²) in [6.07, 6.45) is 0. The predicted molar refractivity (Wildman–Crippen MR) is 84.5 cm³/mol. The van der Waals surface area contributed by atoms with Crippen LogP contribution in [-0.2, 0) is 0 Å². The maximum Gasteiger partial charge on any atom is 0.144 e. The van der Waals surface area contributed by atoms with Crippen LogP contribution in [0.3, 0.4) is 0 Å². The molecule has 0 radical (unpaired) electrons. The number of nitrogens with one attached hydrogen (secondary N) is 1. The topological polar surface area (TPSA) is 47.3 Å². The molecular weight excluding hydrogens is 328 g/mol. The Hall–Kier alpha value is -1.39. The van der Waals surface area contributed by atoms with Gasteiger partial charge in [-0.1, -0.05) is 17.7 Å². The van der Waals surface area contributed by atoms with Crippen molar-refractivity contribution >= 4 is 44.6 Å². The maximum absolute atomic E-state index is 6.06. The lowest BCUT2D eigenvalue weighted by Crippen LogP contribution is -2.01. The summed E-state index contributed by atoms with van der Waals surface area (Å²) in [7, 11) is 0. The highest BCUT2D eigenvalue weighted by Gasteiger charge is 2.06. The predicted octanol–water partition coefficient (Wildman–Crippen LogP) is 4.83. The van der Waals surface area contributed by atoms with Gasteiger partial charge in [0.25, 0.3) is 0 Å². The van der Waals surface area contributed by atoms with Crippen molar-refractivity contribution in [2.75, 3.05) is 17.7 Å². The van der Waals surface area contributed by atoms with Crippen molar-refractivity contribution in [2.24, 2.45) is 0 Å². The van der Waals surface area contributed by atoms with Gasteiger partial charge in [0.15, 0.2) is 0 Å². The van der Waals surface area contributed by atoms with Gasteiger partial charge in [0.1, 0.15) is 5.75 Å². The van der Waals surface area contributed by atoms with E-state index in [0.717, 1.165) is 15.8 Å². The molecule has 3 N–H and O–H groups in total. The fourth-order valence-electron chi connectivity index (χ4n) is 1.66. The first kappa shape index (κ1) is 14.0. The Bertz CT molecular complexity index is 590. The summed E-state index contributed by atoms with van der Waals surface area (Å²) < 4.78 is 6.32. The van der Waals surface area contributed by atoms with Crippen LogP contribution in [0, 0.1) is 0 Å². The normalized spacial score (nSPS) is 10.3. The van der Waals surface area contributed by atoms with E-state index in [-0.39, 0.29) is 0 Å². The summed E-state index contributed by atoms with van der Waals surface area (Å²) in [6.45, 7) is 2.51. The first-order valence-electron chi connectivity index (χ1n) is 5.85. The number of benzene rings is 2. The molecule has 0 bridgehead atoms. The third kappa shape index (κ3) is 3.33. The highest BCUT2D eigenvalue weighted by atomic mass is 79.9. The van der Waals surface area contributed by atoms with E-state index in [1.165, 1.54) is 0 Å². The summed E-state index contributed by atoms with van der Waals surface area (Å²) >= 11 is 9.42. The fourth-order valence-corrected chi connectivity index (χ4v) is 2.09. The first-order chi connectivity index (χ1) is 9.11. The molecule has 0 aliphatic rings. The number of nitrogen functional groups attached to an aromatic ring is 1. The summed E-state index contributed by atoms with van der Waals surface area (Å²) in [5.41, 5.74) is 8.31. The smallest absolute Gasteiger partial charge is 0.144 e. The van der Waals surface area contributed by atoms with Gasteiger partial charge in [0.2, 0.25) is 0 Å². The van der Waals surface area contributed by atoms with Crippen molar-refractivity contribution in [3.8, 4) is 5.75 Å². The number of anilines is 3. The molecule has 100 valence electrons. The van der Waals surface area contributed by atoms with Gasteiger partial charge in [-0.25, -0.2) is 0 Å². The second kappa shape index (κ2) is 6.17. The lowest BCUT2D eigenvalue weighted by atomic mass is 10.2. The third-order valence-corrected chi connectivity index (χ3v) is 3.80. The zero-order valence-electron chi connectivity index (χ0n) is 10.4. The van der Waals surface area contributed by atoms with Crippen LogP contribution in [-0.4, -0.2) is 6.61 Å². The summed E-state index contributed by atoms with van der Waals surface area (Å²) in [5.74, 6) is 0.677. The van der Waals surface area contributed by atoms with E-state index >= 15 is 0 Å². The van der Waals surface area contributed by atoms with Crippen molar-refractivity contribution in [3.05, 3.63) is 45.9 Å². The van der Waals surface area contributed by atoms with Crippen molar-refractivity contribution in [1.29, 1.82) is 0 Å². The molecule has 0 fully saturated rings. The molecule has 0 atom stereocenters. The molecule has 0 aromatic heterocycles. The Labute approximate surface area is 125 Å². The zero-order valence-corrected chi connectivity index (χ0v) is 12.8. The van der Waals surface area contributed by atoms with Gasteiger partial charge < -0.3 is 15.8 Å². The molecule has 19 heavy (non-hydrogen) atoms. The van der Waals surface area contributed by atoms with Crippen molar-refractivity contribution < 1.29 is 4.74 Å². The molecule has 0 amide bonds. The minimum absolute atomic E-state index is 0.581. The Kier molecular flexibility index (Phi) is 4.56. The number of hydrogen-bond acceptors (Lipinski definition) is 3. The number of halogens is 2. The molecule has 0 heterocycles. The van der Waals surface area contributed by atoms with Crippen LogP contribution in [0.1, 0.15) is 6.92 Å². The minimum Gasteiger partial charge on any atom is -0.492 e. The number of ether oxygens (including phenoxy) is 1. The fraction of sp³-hybridized carbons (Fsp3) is 0.143. The van der Waals surface area contributed by atoms with E-state index in [4.69, 9.17) is 22.1 Å². The average molecular weight is 342 g/mol. The monoisotopic (exact) mass is 340 g/mol. The first-order valence-corrected chi connectivity index (χ1v) is 7.02. The average Bonchev–Trinajstić information content (AvgIpc) is 2.39. The summed E-state index contributed by atoms with van der Waals surface area (Å²) in [6, 6.07) is 11.3. The van der Waals surface area contributed by atoms with Crippen LogP contribution in [0.4, 0.5) is 17.1 Å². The highest BCUT2D eigenvalue weighted by Crippen LogP contribution is 2.33. The SMILES string of the molecule is CCOc1cccc(Nc2ccc(Br)c(Cl)c2)c1N. The molecule has 0 spiro atoms. The molecule has 0 saturated carbocycles. The van der Waals surface area contributed by atoms with Crippen LogP contribution in [0.2, 0.25) is 5.02 Å². The van der Waals surface area contributed by atoms with Crippen molar-refractivity contribution in [1.82, 2.24) is 0 Å².